The van der Waals surface area contributed by atoms with Crippen LogP contribution in [-0.4, -0.2) is 27.0 Å². The zero-order valence-electron chi connectivity index (χ0n) is 16.6. The first-order valence-corrected chi connectivity index (χ1v) is 10.4. The van der Waals surface area contributed by atoms with Gasteiger partial charge in [0.05, 0.1) is 11.9 Å². The van der Waals surface area contributed by atoms with Crippen molar-refractivity contribution in [3.05, 3.63) is 76.5 Å². The van der Waals surface area contributed by atoms with E-state index < -0.39 is 0 Å². The molecule has 152 valence electrons. The molecule has 0 saturated heterocycles. The van der Waals surface area contributed by atoms with E-state index in [0.717, 1.165) is 22.4 Å². The third kappa shape index (κ3) is 3.91. The van der Waals surface area contributed by atoms with E-state index in [1.54, 1.807) is 16.9 Å². The Bertz CT molecular complexity index is 1220. The van der Waals surface area contributed by atoms with Crippen LogP contribution in [0, 0.1) is 5.92 Å². The van der Waals surface area contributed by atoms with Crippen LogP contribution in [0.2, 0.25) is 10.0 Å². The van der Waals surface area contributed by atoms with Crippen molar-refractivity contribution in [1.82, 2.24) is 19.9 Å². The maximum atomic E-state index is 12.7. The number of carbonyl (C=O) groups is 1. The first-order chi connectivity index (χ1) is 14.5. The molecule has 4 aromatic rings. The minimum Gasteiger partial charge on any atom is -0.352 e. The lowest BCUT2D eigenvalue weighted by Gasteiger charge is -2.13. The molecule has 0 radical (unpaired) electrons. The van der Waals surface area contributed by atoms with Gasteiger partial charge in [-0.3, -0.25) is 4.79 Å². The van der Waals surface area contributed by atoms with Crippen molar-refractivity contribution < 1.29 is 4.79 Å². The van der Waals surface area contributed by atoms with Gasteiger partial charge in [0.15, 0.2) is 5.65 Å². The minimum atomic E-state index is -0.196. The van der Waals surface area contributed by atoms with E-state index in [0.29, 0.717) is 33.7 Å². The summed E-state index contributed by atoms with van der Waals surface area (Å²) in [5.74, 6) is 0.152. The average molecular weight is 439 g/mol. The number of nitrogens with zero attached hydrogens (tertiary/aromatic N) is 3. The number of benzene rings is 2. The molecule has 0 fully saturated rings. The highest BCUT2D eigenvalue weighted by Crippen LogP contribution is 2.36. The molecule has 2 heterocycles. The van der Waals surface area contributed by atoms with Crippen LogP contribution in [0.4, 0.5) is 0 Å². The zero-order chi connectivity index (χ0) is 21.3. The van der Waals surface area contributed by atoms with Gasteiger partial charge in [-0.2, -0.15) is 5.10 Å². The van der Waals surface area contributed by atoms with Crippen LogP contribution in [-0.2, 0) is 0 Å². The lowest BCUT2D eigenvalue weighted by atomic mass is 10.0. The minimum absolute atomic E-state index is 0.196. The highest BCUT2D eigenvalue weighted by atomic mass is 35.5. The van der Waals surface area contributed by atoms with Gasteiger partial charge in [-0.25, -0.2) is 9.50 Å². The third-order valence-corrected chi connectivity index (χ3v) is 5.31. The predicted molar refractivity (Wildman–Crippen MR) is 121 cm³/mol. The molecule has 0 atom stereocenters. The molecule has 0 unspecified atom stereocenters. The normalized spacial score (nSPS) is 11.2. The Kier molecular flexibility index (Phi) is 5.75. The smallest absolute Gasteiger partial charge is 0.256 e. The van der Waals surface area contributed by atoms with E-state index in [-0.39, 0.29) is 5.91 Å². The monoisotopic (exact) mass is 438 g/mol. The van der Waals surface area contributed by atoms with Gasteiger partial charge < -0.3 is 5.32 Å². The van der Waals surface area contributed by atoms with Crippen molar-refractivity contribution in [1.29, 1.82) is 0 Å². The highest BCUT2D eigenvalue weighted by Gasteiger charge is 2.20. The maximum Gasteiger partial charge on any atom is 0.256 e. The van der Waals surface area contributed by atoms with Crippen LogP contribution in [0.25, 0.3) is 28.0 Å². The second-order valence-electron chi connectivity index (χ2n) is 7.40. The number of halogens is 2. The predicted octanol–water partition coefficient (Wildman–Crippen LogP) is 5.76. The third-order valence-electron chi connectivity index (χ3n) is 4.72. The Morgan fingerprint density at radius 2 is 1.77 bits per heavy atom. The molecule has 0 aliphatic carbocycles. The summed E-state index contributed by atoms with van der Waals surface area (Å²) < 4.78 is 1.69. The molecule has 1 N–H and O–H groups in total. The molecule has 2 aromatic heterocycles. The summed E-state index contributed by atoms with van der Waals surface area (Å²) in [5.41, 5.74) is 4.23. The molecule has 30 heavy (non-hydrogen) atoms. The number of nitrogens with one attached hydrogen (secondary N) is 1. The summed E-state index contributed by atoms with van der Waals surface area (Å²) in [6, 6.07) is 15.0. The Hall–Kier alpha value is -2.89. The number of carbonyl (C=O) groups excluding carboxylic acids is 1. The largest absolute Gasteiger partial charge is 0.352 e. The van der Waals surface area contributed by atoms with Crippen LogP contribution in [0.5, 0.6) is 0 Å². The fourth-order valence-electron chi connectivity index (χ4n) is 3.25. The summed E-state index contributed by atoms with van der Waals surface area (Å²) in [7, 11) is 0. The van der Waals surface area contributed by atoms with Crippen molar-refractivity contribution in [2.45, 2.75) is 13.8 Å². The fraction of sp³-hybridized carbons (Fsp3) is 0.174. The molecule has 0 bridgehead atoms. The summed E-state index contributed by atoms with van der Waals surface area (Å²) in [4.78, 5) is 17.2. The van der Waals surface area contributed by atoms with E-state index in [1.165, 1.54) is 0 Å². The number of fused-ring (bicyclic) bond motifs is 1. The van der Waals surface area contributed by atoms with Crippen LogP contribution < -0.4 is 5.32 Å². The van der Waals surface area contributed by atoms with Crippen molar-refractivity contribution in [3.8, 4) is 22.4 Å². The average Bonchev–Trinajstić information content (AvgIpc) is 3.17. The van der Waals surface area contributed by atoms with Crippen molar-refractivity contribution >= 4 is 34.8 Å². The first kappa shape index (κ1) is 20.4. The molecule has 0 aliphatic heterocycles. The number of hydrogen-bond donors (Lipinski definition) is 1. The van der Waals surface area contributed by atoms with E-state index in [4.69, 9.17) is 23.2 Å². The van der Waals surface area contributed by atoms with Crippen molar-refractivity contribution in [3.63, 3.8) is 0 Å². The standard InChI is InChI=1S/C23H20Cl2N4O/c1-14(2)11-27-23(30)19-13-28-29-21(15-7-9-16(24)10-8-15)18(12-26-22(19)29)17-5-3-4-6-20(17)25/h3-10,12-14H,11H2,1-2H3,(H,27,30). The first-order valence-electron chi connectivity index (χ1n) is 9.61. The van der Waals surface area contributed by atoms with Gasteiger partial charge >= 0.3 is 0 Å². The molecular weight excluding hydrogens is 419 g/mol. The molecule has 0 saturated carbocycles. The molecule has 7 heteroatoms. The number of hydrogen-bond acceptors (Lipinski definition) is 3. The molecule has 4 rings (SSSR count). The van der Waals surface area contributed by atoms with Crippen molar-refractivity contribution in [2.24, 2.45) is 5.92 Å². The summed E-state index contributed by atoms with van der Waals surface area (Å²) in [6.07, 6.45) is 3.29. The quantitative estimate of drug-likeness (QED) is 0.431. The van der Waals surface area contributed by atoms with Gasteiger partial charge in [-0.05, 0) is 24.1 Å². The van der Waals surface area contributed by atoms with Gasteiger partial charge in [0, 0.05) is 39.5 Å². The Labute approximate surface area is 184 Å². The Balaban J connectivity index is 1.93. The van der Waals surface area contributed by atoms with Crippen LogP contribution in [0.15, 0.2) is 60.9 Å². The van der Waals surface area contributed by atoms with Crippen LogP contribution in [0.1, 0.15) is 24.2 Å². The second kappa shape index (κ2) is 8.46. The molecule has 5 nitrogen and oxygen atoms in total. The molecule has 0 spiro atoms. The zero-order valence-corrected chi connectivity index (χ0v) is 18.1. The Morgan fingerprint density at radius 1 is 1.03 bits per heavy atom. The van der Waals surface area contributed by atoms with Crippen LogP contribution in [0.3, 0.4) is 0 Å². The van der Waals surface area contributed by atoms with Gasteiger partial charge in [-0.1, -0.05) is 67.4 Å². The molecule has 1 amide bonds. The lowest BCUT2D eigenvalue weighted by molar-refractivity contribution is 0.0950. The summed E-state index contributed by atoms with van der Waals surface area (Å²) >= 11 is 12.6. The number of rotatable bonds is 5. The van der Waals surface area contributed by atoms with E-state index in [2.05, 4.69) is 15.4 Å². The molecular formula is C23H20Cl2N4O. The van der Waals surface area contributed by atoms with E-state index >= 15 is 0 Å². The Morgan fingerprint density at radius 3 is 2.47 bits per heavy atom. The maximum absolute atomic E-state index is 12.7. The van der Waals surface area contributed by atoms with Gasteiger partial charge in [-0.15, -0.1) is 0 Å². The van der Waals surface area contributed by atoms with E-state index in [9.17, 15) is 4.79 Å². The highest BCUT2D eigenvalue weighted by molar-refractivity contribution is 6.33. The van der Waals surface area contributed by atoms with Crippen molar-refractivity contribution in [2.75, 3.05) is 6.54 Å². The second-order valence-corrected chi connectivity index (χ2v) is 8.25. The number of amides is 1. The fourth-order valence-corrected chi connectivity index (χ4v) is 3.61. The molecule has 0 aliphatic rings. The molecule has 2 aromatic carbocycles. The summed E-state index contributed by atoms with van der Waals surface area (Å²) in [6.45, 7) is 4.67. The van der Waals surface area contributed by atoms with Gasteiger partial charge in [0.25, 0.3) is 5.91 Å². The SMILES string of the molecule is CC(C)CNC(=O)c1cnn2c(-c3ccc(Cl)cc3)c(-c3ccccc3Cl)cnc12. The summed E-state index contributed by atoms with van der Waals surface area (Å²) in [5, 5.41) is 8.67. The van der Waals surface area contributed by atoms with Crippen LogP contribution >= 0.6 is 23.2 Å². The lowest BCUT2D eigenvalue weighted by Crippen LogP contribution is -2.27. The van der Waals surface area contributed by atoms with Gasteiger partial charge in [0.2, 0.25) is 0 Å². The van der Waals surface area contributed by atoms with E-state index in [1.807, 2.05) is 62.4 Å². The van der Waals surface area contributed by atoms with Gasteiger partial charge in [0.1, 0.15) is 5.56 Å². The topological polar surface area (TPSA) is 59.3 Å². The number of aromatic nitrogens is 3.